The lowest BCUT2D eigenvalue weighted by molar-refractivity contribution is 0.304. The molecule has 2 nitrogen and oxygen atoms in total. The normalized spacial score (nSPS) is 29.4. The average molecular weight is 353 g/mol. The van der Waals surface area contributed by atoms with Crippen molar-refractivity contribution >= 4 is 38.8 Å². The number of hydrogen-bond acceptors (Lipinski definition) is 2. The molecule has 0 saturated heterocycles. The van der Waals surface area contributed by atoms with Gasteiger partial charge >= 0.3 is 0 Å². The van der Waals surface area contributed by atoms with Gasteiger partial charge in [0.2, 0.25) is 0 Å². The summed E-state index contributed by atoms with van der Waals surface area (Å²) in [5, 5.41) is 3.67. The van der Waals surface area contributed by atoms with Crippen molar-refractivity contribution in [3.8, 4) is 0 Å². The molecule has 2 aliphatic carbocycles. The summed E-state index contributed by atoms with van der Waals surface area (Å²) in [6.07, 6.45) is 5.75. The van der Waals surface area contributed by atoms with Gasteiger partial charge in [0.05, 0.1) is 0 Å². The van der Waals surface area contributed by atoms with Crippen molar-refractivity contribution in [3.63, 3.8) is 0 Å². The predicted octanol–water partition coefficient (Wildman–Crippen LogP) is 4.32. The van der Waals surface area contributed by atoms with E-state index in [0.29, 0.717) is 11.0 Å². The van der Waals surface area contributed by atoms with Gasteiger partial charge in [-0.25, -0.2) is 0 Å². The van der Waals surface area contributed by atoms with E-state index in [4.69, 9.17) is 18.0 Å². The lowest BCUT2D eigenvalue weighted by atomic mass is 9.84. The molecule has 4 unspecified atom stereocenters. The van der Waals surface area contributed by atoms with Crippen molar-refractivity contribution in [2.75, 3.05) is 5.32 Å². The van der Waals surface area contributed by atoms with Gasteiger partial charge in [-0.2, -0.15) is 0 Å². The third-order valence-corrected chi connectivity index (χ3v) is 5.96. The molecule has 4 atom stereocenters. The summed E-state index contributed by atoms with van der Waals surface area (Å²) in [7, 11) is 0. The molecule has 0 spiro atoms. The molecule has 2 fully saturated rings. The van der Waals surface area contributed by atoms with Crippen LogP contribution in [0.5, 0.6) is 0 Å². The van der Waals surface area contributed by atoms with Crippen molar-refractivity contribution in [2.24, 2.45) is 23.5 Å². The Bertz CT molecular complexity index is 531. The van der Waals surface area contributed by atoms with E-state index in [1.807, 2.05) is 12.1 Å². The van der Waals surface area contributed by atoms with Crippen LogP contribution >= 0.6 is 28.1 Å². The molecule has 0 radical (unpaired) electrons. The van der Waals surface area contributed by atoms with Crippen LogP contribution < -0.4 is 11.1 Å². The molecule has 1 aromatic carbocycles. The Morgan fingerprint density at radius 3 is 2.75 bits per heavy atom. The quantitative estimate of drug-likeness (QED) is 0.792. The lowest BCUT2D eigenvalue weighted by Crippen LogP contribution is -2.30. The zero-order valence-corrected chi connectivity index (χ0v) is 14.1. The number of nitrogens with one attached hydrogen (secondary N) is 1. The zero-order valence-electron chi connectivity index (χ0n) is 11.7. The van der Waals surface area contributed by atoms with E-state index in [9.17, 15) is 0 Å². The maximum atomic E-state index is 5.66. The minimum absolute atomic E-state index is 0.443. The Labute approximate surface area is 134 Å². The molecule has 108 valence electrons. The van der Waals surface area contributed by atoms with E-state index in [2.05, 4.69) is 34.2 Å². The van der Waals surface area contributed by atoms with Crippen LogP contribution in [0.4, 0.5) is 5.69 Å². The summed E-state index contributed by atoms with van der Waals surface area (Å²) in [5.74, 6) is 2.77. The van der Waals surface area contributed by atoms with Gasteiger partial charge in [0.15, 0.2) is 0 Å². The minimum Gasteiger partial charge on any atom is -0.389 e. The number of fused-ring (bicyclic) bond motifs is 2. The number of anilines is 1. The molecule has 2 aliphatic rings. The summed E-state index contributed by atoms with van der Waals surface area (Å²) in [6.45, 7) is 2.32. The number of nitrogens with two attached hydrogens (primary N) is 1. The summed E-state index contributed by atoms with van der Waals surface area (Å²) >= 11 is 8.63. The summed E-state index contributed by atoms with van der Waals surface area (Å²) in [4.78, 5) is 0.443. The van der Waals surface area contributed by atoms with Crippen molar-refractivity contribution in [3.05, 3.63) is 28.2 Å². The summed E-state index contributed by atoms with van der Waals surface area (Å²) in [5.41, 5.74) is 7.71. The van der Waals surface area contributed by atoms with Crippen LogP contribution in [0.15, 0.2) is 22.7 Å². The predicted molar refractivity (Wildman–Crippen MR) is 92.1 cm³/mol. The highest BCUT2D eigenvalue weighted by molar-refractivity contribution is 9.10. The highest BCUT2D eigenvalue weighted by atomic mass is 79.9. The fourth-order valence-electron chi connectivity index (χ4n) is 4.04. The van der Waals surface area contributed by atoms with Gasteiger partial charge in [-0.05, 0) is 78.1 Å². The fraction of sp³-hybridized carbons (Fsp3) is 0.562. The Balaban J connectivity index is 1.70. The molecule has 3 rings (SSSR count). The van der Waals surface area contributed by atoms with Crippen molar-refractivity contribution in [2.45, 2.75) is 38.6 Å². The first-order valence-corrected chi connectivity index (χ1v) is 8.60. The van der Waals surface area contributed by atoms with E-state index < -0.39 is 0 Å². The molecule has 2 bridgehead atoms. The van der Waals surface area contributed by atoms with Gasteiger partial charge < -0.3 is 11.1 Å². The van der Waals surface area contributed by atoms with Crippen LogP contribution in [0.3, 0.4) is 0 Å². The first-order valence-electron chi connectivity index (χ1n) is 7.40. The van der Waals surface area contributed by atoms with E-state index >= 15 is 0 Å². The molecule has 3 N–H and O–H groups in total. The number of rotatable bonds is 4. The van der Waals surface area contributed by atoms with Crippen LogP contribution in [0.2, 0.25) is 0 Å². The zero-order chi connectivity index (χ0) is 14.3. The molecule has 2 saturated carbocycles. The average Bonchev–Trinajstić information content (AvgIpc) is 3.03. The van der Waals surface area contributed by atoms with Gasteiger partial charge in [-0.1, -0.05) is 18.6 Å². The van der Waals surface area contributed by atoms with Crippen molar-refractivity contribution < 1.29 is 0 Å². The molecule has 4 heteroatoms. The van der Waals surface area contributed by atoms with Crippen LogP contribution in [-0.4, -0.2) is 11.0 Å². The Kier molecular flexibility index (Phi) is 4.04. The minimum atomic E-state index is 0.443. The number of benzene rings is 1. The van der Waals surface area contributed by atoms with Crippen LogP contribution in [0, 0.1) is 17.8 Å². The number of thiocarbonyl (C=S) groups is 1. The largest absolute Gasteiger partial charge is 0.389 e. The first kappa shape index (κ1) is 14.3. The van der Waals surface area contributed by atoms with E-state index in [0.717, 1.165) is 33.5 Å². The van der Waals surface area contributed by atoms with Gasteiger partial charge in [0, 0.05) is 21.8 Å². The van der Waals surface area contributed by atoms with Crippen molar-refractivity contribution in [1.82, 2.24) is 0 Å². The fourth-order valence-corrected chi connectivity index (χ4v) is 4.66. The monoisotopic (exact) mass is 352 g/mol. The highest BCUT2D eigenvalue weighted by Gasteiger charge is 2.41. The molecule has 20 heavy (non-hydrogen) atoms. The molecule has 1 aromatic rings. The van der Waals surface area contributed by atoms with Crippen LogP contribution in [0.1, 0.15) is 38.2 Å². The standard InChI is InChI=1S/C16H21BrN2S/c1-9(13-7-10-2-3-11(13)6-10)19-15-5-4-12(16(18)20)8-14(15)17/h4-5,8-11,13,19H,2-3,6-7H2,1H3,(H2,18,20). The number of hydrogen-bond donors (Lipinski definition) is 2. The smallest absolute Gasteiger partial charge is 0.104 e. The topological polar surface area (TPSA) is 38.0 Å². The second-order valence-corrected chi connectivity index (χ2v) is 7.62. The SMILES string of the molecule is CC(Nc1ccc(C(N)=S)cc1Br)C1CC2CCC1C2. The van der Waals surface area contributed by atoms with Crippen molar-refractivity contribution in [1.29, 1.82) is 0 Å². The third kappa shape index (κ3) is 2.73. The van der Waals surface area contributed by atoms with Gasteiger partial charge in [0.25, 0.3) is 0 Å². The summed E-state index contributed by atoms with van der Waals surface area (Å²) < 4.78 is 1.04. The molecule has 0 aliphatic heterocycles. The van der Waals surface area contributed by atoms with E-state index in [1.54, 1.807) is 0 Å². The molecular weight excluding hydrogens is 332 g/mol. The maximum Gasteiger partial charge on any atom is 0.104 e. The Morgan fingerprint density at radius 1 is 1.40 bits per heavy atom. The van der Waals surface area contributed by atoms with Gasteiger partial charge in [-0.3, -0.25) is 0 Å². The maximum absolute atomic E-state index is 5.66. The van der Waals surface area contributed by atoms with Crippen LogP contribution in [0.25, 0.3) is 0 Å². The third-order valence-electron chi connectivity index (χ3n) is 5.07. The molecular formula is C16H21BrN2S. The Hall–Kier alpha value is -0.610. The van der Waals surface area contributed by atoms with Crippen LogP contribution in [-0.2, 0) is 0 Å². The highest BCUT2D eigenvalue weighted by Crippen LogP contribution is 2.50. The molecule has 0 heterocycles. The molecule has 0 aromatic heterocycles. The van der Waals surface area contributed by atoms with E-state index in [1.165, 1.54) is 25.7 Å². The second kappa shape index (κ2) is 5.64. The molecule has 0 amide bonds. The lowest BCUT2D eigenvalue weighted by Gasteiger charge is -2.29. The first-order chi connectivity index (χ1) is 9.54. The number of halogens is 1. The summed E-state index contributed by atoms with van der Waals surface area (Å²) in [6, 6.07) is 6.58. The van der Waals surface area contributed by atoms with E-state index in [-0.39, 0.29) is 0 Å². The second-order valence-electron chi connectivity index (χ2n) is 6.33. The van der Waals surface area contributed by atoms with Gasteiger partial charge in [-0.15, -0.1) is 0 Å². The van der Waals surface area contributed by atoms with Gasteiger partial charge in [0.1, 0.15) is 4.99 Å². The Morgan fingerprint density at radius 2 is 2.20 bits per heavy atom.